The van der Waals surface area contributed by atoms with Gasteiger partial charge in [0.05, 0.1) is 26.3 Å². The molecule has 5 unspecified atom stereocenters. The summed E-state index contributed by atoms with van der Waals surface area (Å²) >= 11 is 0. The van der Waals surface area contributed by atoms with Crippen LogP contribution in [0.4, 0.5) is 30.8 Å². The fourth-order valence-corrected chi connectivity index (χ4v) is 3.69. The first-order valence-electron chi connectivity index (χ1n) is 12.6. The van der Waals surface area contributed by atoms with Crippen molar-refractivity contribution in [1.29, 1.82) is 0 Å². The van der Waals surface area contributed by atoms with Crippen molar-refractivity contribution in [3.05, 3.63) is 35.8 Å². The molecule has 32 heavy (non-hydrogen) atoms. The third-order valence-electron chi connectivity index (χ3n) is 5.24. The summed E-state index contributed by atoms with van der Waals surface area (Å²) in [6, 6.07) is -0.399. The van der Waals surface area contributed by atoms with Gasteiger partial charge < -0.3 is 20.5 Å². The highest BCUT2D eigenvalue weighted by Crippen LogP contribution is 2.32. The lowest BCUT2D eigenvalue weighted by atomic mass is 9.93. The average Bonchev–Trinajstić information content (AvgIpc) is 3.45. The number of nitrogens with zero attached hydrogens (tertiary/aromatic N) is 4. The van der Waals surface area contributed by atoms with E-state index in [0.717, 1.165) is 0 Å². The van der Waals surface area contributed by atoms with Crippen LogP contribution in [-0.2, 0) is 4.74 Å². The molecule has 3 N–H and O–H groups in total. The number of hydrogen-bond donors (Lipinski definition) is 3. The summed E-state index contributed by atoms with van der Waals surface area (Å²) < 4.78 is 89.4. The molecule has 1 aromatic carbocycles. The number of anilines is 3. The number of nitrogens with one attached hydrogen (secondary N) is 2. The molecule has 0 spiro atoms. The minimum Gasteiger partial charge on any atom is -0.393 e. The summed E-state index contributed by atoms with van der Waals surface area (Å²) in [7, 11) is 0. The monoisotopic (exact) mass is 453 g/mol. The van der Waals surface area contributed by atoms with E-state index in [1.165, 1.54) is 6.20 Å². The van der Waals surface area contributed by atoms with E-state index in [2.05, 4.69) is 25.6 Å². The molecule has 2 aliphatic rings. The van der Waals surface area contributed by atoms with Gasteiger partial charge in [-0.2, -0.15) is 4.98 Å². The Kier molecular flexibility index (Phi) is 4.22. The smallest absolute Gasteiger partial charge is 0.224 e. The molecule has 3 heterocycles. The second-order valence-electron chi connectivity index (χ2n) is 7.46. The maximum atomic E-state index is 14.3. The number of ether oxygens (including phenoxy) is 1. The fourth-order valence-electron chi connectivity index (χ4n) is 3.69. The first-order valence-corrected chi connectivity index (χ1v) is 9.97. The maximum Gasteiger partial charge on any atom is 0.224 e. The Morgan fingerprint density at radius 3 is 2.75 bits per heavy atom. The Morgan fingerprint density at radius 2 is 2.00 bits per heavy atom. The van der Waals surface area contributed by atoms with Crippen molar-refractivity contribution in [1.82, 2.24) is 19.5 Å². The maximum absolute atomic E-state index is 14.3. The van der Waals surface area contributed by atoms with Gasteiger partial charge in [0.15, 0.2) is 17.3 Å². The number of halogens is 3. The molecule has 2 aromatic heterocycles. The Morgan fingerprint density at radius 1 is 1.19 bits per heavy atom. The Bertz CT molecular complexity index is 1320. The molecule has 1 saturated heterocycles. The number of fused-ring (bicyclic) bond motifs is 1. The first kappa shape index (κ1) is 15.8. The number of hydrogen-bond acceptors (Lipinski definition) is 7. The van der Waals surface area contributed by atoms with Crippen LogP contribution in [0.25, 0.3) is 11.2 Å². The Labute approximate surface area is 188 Å². The van der Waals surface area contributed by atoms with Gasteiger partial charge >= 0.3 is 0 Å². The SMILES string of the molecule is [2H]C1CC([2H])(O)C([2H])([2H])C([2H])C1Nc1ncc2nc(Nc3c(F)cc(F)cc3F)n(C3CCOC3)c2n1. The number of rotatable bonds is 5. The van der Waals surface area contributed by atoms with E-state index in [1.807, 2.05) is 0 Å². The molecule has 3 aromatic rings. The van der Waals surface area contributed by atoms with E-state index in [-0.39, 0.29) is 35.7 Å². The largest absolute Gasteiger partial charge is 0.393 e. The number of aromatic nitrogens is 4. The molecular weight excluding hydrogens is 425 g/mol. The van der Waals surface area contributed by atoms with Crippen LogP contribution in [0, 0.1) is 17.5 Å². The van der Waals surface area contributed by atoms with E-state index in [4.69, 9.17) is 11.6 Å². The van der Waals surface area contributed by atoms with Crippen LogP contribution in [0.1, 0.15) is 44.9 Å². The Balaban J connectivity index is 1.52. The van der Waals surface area contributed by atoms with Crippen molar-refractivity contribution in [3.63, 3.8) is 0 Å². The van der Waals surface area contributed by atoms with Crippen molar-refractivity contribution in [2.75, 3.05) is 23.8 Å². The van der Waals surface area contributed by atoms with E-state index in [9.17, 15) is 18.3 Å². The third-order valence-corrected chi connectivity index (χ3v) is 5.24. The lowest BCUT2D eigenvalue weighted by molar-refractivity contribution is 0.126. The standard InChI is InChI=1S/C21H23F3N6O2/c22-11-7-15(23)18(16(24)8-11)28-21-27-17-9-25-20(26-12-1-3-14(31)4-2-12)29-19(17)30(21)13-5-6-32-10-13/h7-9,12-14,31H,1-6,10H2,(H,27,28)(H,25,26,29)/i1D,2D,3D2,14D. The lowest BCUT2D eigenvalue weighted by Gasteiger charge is -2.26. The van der Waals surface area contributed by atoms with E-state index in [0.29, 0.717) is 25.2 Å². The van der Waals surface area contributed by atoms with Gasteiger partial charge in [0.2, 0.25) is 11.9 Å². The highest BCUT2D eigenvalue weighted by atomic mass is 19.1. The van der Waals surface area contributed by atoms with Gasteiger partial charge in [-0.25, -0.2) is 23.1 Å². The number of imidazole rings is 1. The van der Waals surface area contributed by atoms with Crippen LogP contribution in [0.5, 0.6) is 0 Å². The summed E-state index contributed by atoms with van der Waals surface area (Å²) in [5.41, 5.74) is -0.130. The summed E-state index contributed by atoms with van der Waals surface area (Å²) in [5, 5.41) is 15.4. The zero-order chi connectivity index (χ0) is 26.7. The minimum absolute atomic E-state index is 0.00589. The summed E-state index contributed by atoms with van der Waals surface area (Å²) in [4.78, 5) is 12.9. The molecule has 170 valence electrons. The number of benzene rings is 1. The molecule has 1 aliphatic carbocycles. The van der Waals surface area contributed by atoms with Crippen LogP contribution >= 0.6 is 0 Å². The molecule has 0 amide bonds. The van der Waals surface area contributed by atoms with Crippen molar-refractivity contribution in [2.45, 2.75) is 50.2 Å². The highest BCUT2D eigenvalue weighted by molar-refractivity contribution is 5.76. The molecule has 2 fully saturated rings. The Hall–Kier alpha value is -2.92. The van der Waals surface area contributed by atoms with Crippen LogP contribution in [0.2, 0.25) is 0 Å². The molecule has 8 nitrogen and oxygen atoms in total. The molecular formula is C21H23F3N6O2. The van der Waals surface area contributed by atoms with E-state index in [1.54, 1.807) is 4.57 Å². The number of aliphatic hydroxyl groups is 1. The normalized spacial score (nSPS) is 34.3. The molecule has 1 aliphatic heterocycles. The quantitative estimate of drug-likeness (QED) is 0.542. The van der Waals surface area contributed by atoms with Crippen LogP contribution in [0.3, 0.4) is 0 Å². The van der Waals surface area contributed by atoms with Gasteiger partial charge in [-0.15, -0.1) is 0 Å². The van der Waals surface area contributed by atoms with E-state index < -0.39 is 60.8 Å². The molecule has 5 rings (SSSR count). The van der Waals surface area contributed by atoms with Gasteiger partial charge in [0.25, 0.3) is 0 Å². The average molecular weight is 453 g/mol. The van der Waals surface area contributed by atoms with Crippen LogP contribution in [0.15, 0.2) is 18.3 Å². The summed E-state index contributed by atoms with van der Waals surface area (Å²) in [5.74, 6) is -3.45. The summed E-state index contributed by atoms with van der Waals surface area (Å²) in [6.07, 6.45) is -6.79. The molecule has 0 bridgehead atoms. The van der Waals surface area contributed by atoms with Crippen LogP contribution in [-0.4, -0.2) is 50.0 Å². The van der Waals surface area contributed by atoms with Gasteiger partial charge in [-0.05, 0) is 32.0 Å². The van der Waals surface area contributed by atoms with Crippen LogP contribution < -0.4 is 10.6 Å². The zero-order valence-electron chi connectivity index (χ0n) is 21.6. The molecule has 5 atom stereocenters. The third kappa shape index (κ3) is 4.09. The van der Waals surface area contributed by atoms with Gasteiger partial charge in [0.1, 0.15) is 17.0 Å². The zero-order valence-corrected chi connectivity index (χ0v) is 16.6. The molecule has 1 saturated carbocycles. The molecule has 0 radical (unpaired) electrons. The molecule has 11 heteroatoms. The lowest BCUT2D eigenvalue weighted by Crippen LogP contribution is -2.29. The van der Waals surface area contributed by atoms with Gasteiger partial charge in [-0.1, -0.05) is 0 Å². The fraction of sp³-hybridized carbons (Fsp3) is 0.476. The minimum atomic E-state index is -2.63. The van der Waals surface area contributed by atoms with Gasteiger partial charge in [-0.3, -0.25) is 4.57 Å². The van der Waals surface area contributed by atoms with Crippen molar-refractivity contribution < 1.29 is 29.9 Å². The second kappa shape index (κ2) is 8.55. The van der Waals surface area contributed by atoms with Crippen molar-refractivity contribution in [3.8, 4) is 0 Å². The predicted molar refractivity (Wildman–Crippen MR) is 111 cm³/mol. The van der Waals surface area contributed by atoms with E-state index >= 15 is 0 Å². The van der Waals surface area contributed by atoms with Gasteiger partial charge in [0, 0.05) is 30.3 Å². The first-order chi connectivity index (χ1) is 17.4. The topological polar surface area (TPSA) is 97.1 Å². The van der Waals surface area contributed by atoms with Crippen molar-refractivity contribution >= 4 is 28.7 Å². The second-order valence-corrected chi connectivity index (χ2v) is 7.46. The predicted octanol–water partition coefficient (Wildman–Crippen LogP) is 3.66. The van der Waals surface area contributed by atoms with Crippen molar-refractivity contribution in [2.24, 2.45) is 0 Å². The highest BCUT2D eigenvalue weighted by Gasteiger charge is 2.27. The summed E-state index contributed by atoms with van der Waals surface area (Å²) in [6.45, 7) is 0.684.